The summed E-state index contributed by atoms with van der Waals surface area (Å²) in [6.45, 7) is 3.55. The summed E-state index contributed by atoms with van der Waals surface area (Å²) >= 11 is 0. The third kappa shape index (κ3) is 5.56. The average Bonchev–Trinajstić information content (AvgIpc) is 2.51. The zero-order valence-electron chi connectivity index (χ0n) is 13.6. The highest BCUT2D eigenvalue weighted by Gasteiger charge is 2.23. The van der Waals surface area contributed by atoms with E-state index in [1.54, 1.807) is 44.2 Å². The SMILES string of the molecule is Cc1ccc(S(=O)(=O)N=C(/C=C/C(F)(F)F)c2cccc(C)c2)cc1. The Bertz CT molecular complexity index is 912. The van der Waals surface area contributed by atoms with Gasteiger partial charge in [0.2, 0.25) is 0 Å². The molecular formula is C18H16F3NO2S. The Morgan fingerprint density at radius 2 is 1.64 bits per heavy atom. The molecule has 0 saturated carbocycles. The first-order valence-corrected chi connectivity index (χ1v) is 8.75. The van der Waals surface area contributed by atoms with Crippen molar-refractivity contribution in [3.8, 4) is 0 Å². The quantitative estimate of drug-likeness (QED) is 0.742. The fourth-order valence-corrected chi connectivity index (χ4v) is 3.06. The molecule has 0 heterocycles. The van der Waals surface area contributed by atoms with Crippen molar-refractivity contribution in [2.24, 2.45) is 4.40 Å². The lowest BCUT2D eigenvalue weighted by Gasteiger charge is -2.06. The number of allylic oxidation sites excluding steroid dienone is 2. The van der Waals surface area contributed by atoms with Gasteiger partial charge in [-0.2, -0.15) is 26.0 Å². The van der Waals surface area contributed by atoms with E-state index in [4.69, 9.17) is 0 Å². The molecule has 2 rings (SSSR count). The number of sulfonamides is 1. The normalized spacial score (nSPS) is 13.4. The molecule has 0 bridgehead atoms. The lowest BCUT2D eigenvalue weighted by Crippen LogP contribution is -2.08. The molecule has 0 N–H and O–H groups in total. The van der Waals surface area contributed by atoms with Crippen LogP contribution in [0.4, 0.5) is 13.2 Å². The molecule has 0 fully saturated rings. The second-order valence-corrected chi connectivity index (χ2v) is 7.11. The molecule has 25 heavy (non-hydrogen) atoms. The molecule has 0 aromatic heterocycles. The number of alkyl halides is 3. The summed E-state index contributed by atoms with van der Waals surface area (Å²) in [4.78, 5) is -0.0799. The van der Waals surface area contributed by atoms with Gasteiger partial charge in [-0.05, 0) is 38.1 Å². The van der Waals surface area contributed by atoms with Gasteiger partial charge in [0.15, 0.2) is 0 Å². The van der Waals surface area contributed by atoms with Gasteiger partial charge >= 0.3 is 6.18 Å². The Morgan fingerprint density at radius 1 is 1.00 bits per heavy atom. The molecule has 2 aromatic carbocycles. The number of benzene rings is 2. The Morgan fingerprint density at radius 3 is 2.20 bits per heavy atom. The van der Waals surface area contributed by atoms with Crippen molar-refractivity contribution >= 4 is 15.7 Å². The van der Waals surface area contributed by atoms with Gasteiger partial charge in [0.1, 0.15) is 0 Å². The van der Waals surface area contributed by atoms with E-state index in [1.165, 1.54) is 18.2 Å². The molecule has 0 atom stereocenters. The highest BCUT2D eigenvalue weighted by atomic mass is 32.2. The molecule has 0 spiro atoms. The average molecular weight is 367 g/mol. The number of rotatable bonds is 4. The summed E-state index contributed by atoms with van der Waals surface area (Å²) in [5.41, 5.74) is 1.65. The van der Waals surface area contributed by atoms with Gasteiger partial charge in [0, 0.05) is 11.6 Å². The van der Waals surface area contributed by atoms with Crippen LogP contribution in [0.15, 0.2) is 70.0 Å². The third-order valence-corrected chi connectivity index (χ3v) is 4.59. The predicted molar refractivity (Wildman–Crippen MR) is 91.3 cm³/mol. The van der Waals surface area contributed by atoms with Gasteiger partial charge in [0.25, 0.3) is 10.0 Å². The second-order valence-electron chi connectivity index (χ2n) is 5.51. The van der Waals surface area contributed by atoms with E-state index in [-0.39, 0.29) is 22.2 Å². The fraction of sp³-hybridized carbons (Fsp3) is 0.167. The van der Waals surface area contributed by atoms with Crippen LogP contribution in [0.5, 0.6) is 0 Å². The van der Waals surface area contributed by atoms with E-state index in [1.807, 2.05) is 0 Å². The number of aryl methyl sites for hydroxylation is 2. The van der Waals surface area contributed by atoms with E-state index in [0.717, 1.165) is 11.1 Å². The van der Waals surface area contributed by atoms with E-state index in [0.29, 0.717) is 6.08 Å². The van der Waals surface area contributed by atoms with Crippen LogP contribution in [0.1, 0.15) is 16.7 Å². The minimum absolute atomic E-state index is 0.0289. The predicted octanol–water partition coefficient (Wildman–Crippen LogP) is 4.60. The topological polar surface area (TPSA) is 46.5 Å². The Hall–Kier alpha value is -2.41. The molecule has 0 aliphatic rings. The first-order chi connectivity index (χ1) is 11.6. The molecule has 2 aromatic rings. The van der Waals surface area contributed by atoms with Crippen LogP contribution in [0.25, 0.3) is 0 Å². The molecule has 7 heteroatoms. The van der Waals surface area contributed by atoms with Gasteiger partial charge in [-0.15, -0.1) is 0 Å². The molecule has 0 amide bonds. The summed E-state index contributed by atoms with van der Waals surface area (Å²) in [7, 11) is -4.14. The molecule has 0 radical (unpaired) electrons. The zero-order valence-corrected chi connectivity index (χ0v) is 14.4. The maximum atomic E-state index is 12.5. The van der Waals surface area contributed by atoms with Gasteiger partial charge in [-0.1, -0.05) is 41.5 Å². The summed E-state index contributed by atoms with van der Waals surface area (Å²) in [5, 5.41) is 0. The first kappa shape index (κ1) is 18.9. The van der Waals surface area contributed by atoms with Crippen molar-refractivity contribution < 1.29 is 21.6 Å². The van der Waals surface area contributed by atoms with Gasteiger partial charge in [-0.25, -0.2) is 0 Å². The summed E-state index contributed by atoms with van der Waals surface area (Å²) in [5.74, 6) is 0. The molecule has 0 unspecified atom stereocenters. The first-order valence-electron chi connectivity index (χ1n) is 7.31. The minimum Gasteiger partial charge on any atom is -0.199 e. The Kier molecular flexibility index (Phi) is 5.47. The number of hydrogen-bond acceptors (Lipinski definition) is 2. The van der Waals surface area contributed by atoms with Crippen LogP contribution in [-0.4, -0.2) is 20.3 Å². The van der Waals surface area contributed by atoms with Crippen LogP contribution in [0.2, 0.25) is 0 Å². The molecule has 0 saturated heterocycles. The van der Waals surface area contributed by atoms with E-state index in [2.05, 4.69) is 4.40 Å². The molecular weight excluding hydrogens is 351 g/mol. The highest BCUT2D eigenvalue weighted by Crippen LogP contribution is 2.19. The summed E-state index contributed by atoms with van der Waals surface area (Å²) in [6, 6.07) is 12.4. The number of hydrogen-bond donors (Lipinski definition) is 0. The standard InChI is InChI=1S/C18H16F3NO2S/c1-13-6-8-16(9-7-13)25(23,24)22-17(10-11-18(19,20)21)15-5-3-4-14(2)12-15/h3-12H,1-2H3/b11-10+,22-17?. The van der Waals surface area contributed by atoms with Crippen molar-refractivity contribution in [3.05, 3.63) is 77.4 Å². The lowest BCUT2D eigenvalue weighted by molar-refractivity contribution is -0.0797. The van der Waals surface area contributed by atoms with Crippen molar-refractivity contribution in [3.63, 3.8) is 0 Å². The van der Waals surface area contributed by atoms with Gasteiger partial charge in [0.05, 0.1) is 10.6 Å². The number of halogens is 3. The molecule has 0 aliphatic carbocycles. The lowest BCUT2D eigenvalue weighted by atomic mass is 10.1. The fourth-order valence-electron chi connectivity index (χ4n) is 2.05. The van der Waals surface area contributed by atoms with E-state index in [9.17, 15) is 21.6 Å². The summed E-state index contributed by atoms with van der Waals surface area (Å²) in [6.07, 6.45) is -3.93. The highest BCUT2D eigenvalue weighted by molar-refractivity contribution is 7.90. The Balaban J connectivity index is 2.55. The maximum absolute atomic E-state index is 12.5. The smallest absolute Gasteiger partial charge is 0.199 e. The molecule has 0 aliphatic heterocycles. The van der Waals surface area contributed by atoms with Crippen LogP contribution in [0.3, 0.4) is 0 Å². The Labute approximate surface area is 144 Å². The second kappa shape index (κ2) is 7.23. The van der Waals surface area contributed by atoms with Crippen molar-refractivity contribution in [1.29, 1.82) is 0 Å². The summed E-state index contributed by atoms with van der Waals surface area (Å²) < 4.78 is 66.1. The van der Waals surface area contributed by atoms with Crippen molar-refractivity contribution in [2.45, 2.75) is 24.9 Å². The van der Waals surface area contributed by atoms with Crippen molar-refractivity contribution in [1.82, 2.24) is 0 Å². The monoisotopic (exact) mass is 367 g/mol. The molecule has 3 nitrogen and oxygen atoms in total. The van der Waals surface area contributed by atoms with Crippen LogP contribution in [0, 0.1) is 13.8 Å². The zero-order chi connectivity index (χ0) is 18.7. The largest absolute Gasteiger partial charge is 0.409 e. The van der Waals surface area contributed by atoms with Crippen molar-refractivity contribution in [2.75, 3.05) is 0 Å². The third-order valence-electron chi connectivity index (χ3n) is 3.28. The van der Waals surface area contributed by atoms with Crippen LogP contribution in [-0.2, 0) is 10.0 Å². The minimum atomic E-state index is -4.57. The van der Waals surface area contributed by atoms with Gasteiger partial charge < -0.3 is 0 Å². The van der Waals surface area contributed by atoms with Crippen LogP contribution < -0.4 is 0 Å². The van der Waals surface area contributed by atoms with E-state index < -0.39 is 16.2 Å². The van der Waals surface area contributed by atoms with E-state index >= 15 is 0 Å². The molecule has 132 valence electrons. The maximum Gasteiger partial charge on any atom is 0.409 e. The number of nitrogens with zero attached hydrogens (tertiary/aromatic N) is 1. The van der Waals surface area contributed by atoms with Crippen LogP contribution >= 0.6 is 0 Å². The van der Waals surface area contributed by atoms with Gasteiger partial charge in [-0.3, -0.25) is 0 Å².